The van der Waals surface area contributed by atoms with Crippen LogP contribution >= 0.6 is 0 Å². The lowest BCUT2D eigenvalue weighted by Crippen LogP contribution is -2.31. The summed E-state index contributed by atoms with van der Waals surface area (Å²) in [5, 5.41) is 13.7. The molecule has 0 radical (unpaired) electrons. The van der Waals surface area contributed by atoms with Crippen LogP contribution in [0.3, 0.4) is 0 Å². The molecule has 0 saturated heterocycles. The molecule has 0 unspecified atom stereocenters. The number of nitrogens with zero attached hydrogens (tertiary/aromatic N) is 2. The van der Waals surface area contributed by atoms with Gasteiger partial charge in [0.05, 0.1) is 62.6 Å². The third-order valence-electron chi connectivity index (χ3n) is 9.41. The van der Waals surface area contributed by atoms with E-state index in [9.17, 15) is 27.6 Å². The van der Waals surface area contributed by atoms with Gasteiger partial charge >= 0.3 is 11.9 Å². The van der Waals surface area contributed by atoms with Crippen LogP contribution in [-0.4, -0.2) is 119 Å². The average molecular weight is 908 g/mol. The summed E-state index contributed by atoms with van der Waals surface area (Å²) < 4.78 is 54.5. The Hall–Kier alpha value is -4.23. The molecule has 0 aliphatic heterocycles. The number of hydrogen-bond acceptors (Lipinski definition) is 13. The van der Waals surface area contributed by atoms with Crippen LogP contribution in [0.2, 0.25) is 0 Å². The summed E-state index contributed by atoms with van der Waals surface area (Å²) in [6.45, 7) is 6.74. The lowest BCUT2D eigenvalue weighted by Gasteiger charge is -2.19. The van der Waals surface area contributed by atoms with Crippen LogP contribution in [0.15, 0.2) is 41.6 Å². The fourth-order valence-electron chi connectivity index (χ4n) is 6.23. The van der Waals surface area contributed by atoms with Gasteiger partial charge in [-0.3, -0.25) is 19.1 Å². The molecule has 356 valence electrons. The third-order valence-corrected chi connectivity index (χ3v) is 10.8. The average Bonchev–Trinajstić information content (AvgIpc) is 3.23. The SMILES string of the molecule is CC(C)(C)OC(=O)CCCCCCCCCCCCCCCCCc1ccc(S(=O)(=O)Nc2cnc(C(=O)NCCOCCOCC(=O)NCCOCCOCC(=O)O)nc2)cc1. The van der Waals surface area contributed by atoms with Crippen molar-refractivity contribution in [2.24, 2.45) is 0 Å². The molecule has 63 heavy (non-hydrogen) atoms. The monoisotopic (exact) mass is 907 g/mol. The molecule has 0 bridgehead atoms. The highest BCUT2D eigenvalue weighted by Gasteiger charge is 2.17. The van der Waals surface area contributed by atoms with Gasteiger partial charge in [-0.2, -0.15) is 0 Å². The van der Waals surface area contributed by atoms with E-state index in [-0.39, 0.29) is 94.2 Å². The number of ether oxygens (including phenoxy) is 5. The van der Waals surface area contributed by atoms with Gasteiger partial charge in [-0.05, 0) is 57.7 Å². The van der Waals surface area contributed by atoms with E-state index in [4.69, 9.17) is 28.8 Å². The van der Waals surface area contributed by atoms with Gasteiger partial charge in [-0.25, -0.2) is 23.2 Å². The van der Waals surface area contributed by atoms with Crippen LogP contribution in [-0.2, 0) is 54.5 Å². The van der Waals surface area contributed by atoms with Gasteiger partial charge < -0.3 is 39.4 Å². The fourth-order valence-corrected chi connectivity index (χ4v) is 7.26. The van der Waals surface area contributed by atoms with Crippen molar-refractivity contribution in [2.45, 2.75) is 140 Å². The Balaban J connectivity index is 1.46. The molecule has 1 aromatic heterocycles. The van der Waals surface area contributed by atoms with Gasteiger partial charge in [0.15, 0.2) is 0 Å². The molecule has 2 aromatic rings. The van der Waals surface area contributed by atoms with Gasteiger partial charge in [-0.15, -0.1) is 0 Å². The lowest BCUT2D eigenvalue weighted by molar-refractivity contribution is -0.155. The number of sulfonamides is 1. The smallest absolute Gasteiger partial charge is 0.329 e. The minimum absolute atomic E-state index is 0.0880. The first-order valence-electron chi connectivity index (χ1n) is 22.5. The highest BCUT2D eigenvalue weighted by Crippen LogP contribution is 2.18. The quantitative estimate of drug-likeness (QED) is 0.0422. The van der Waals surface area contributed by atoms with E-state index in [0.717, 1.165) is 37.7 Å². The molecule has 2 amide bonds. The van der Waals surface area contributed by atoms with Crippen LogP contribution in [0, 0.1) is 0 Å². The number of carbonyl (C=O) groups is 4. The fraction of sp³-hybridized carbons (Fsp3) is 0.689. The zero-order valence-electron chi connectivity index (χ0n) is 37.8. The van der Waals surface area contributed by atoms with Crippen LogP contribution in [0.25, 0.3) is 0 Å². The molecule has 1 heterocycles. The highest BCUT2D eigenvalue weighted by atomic mass is 32.2. The van der Waals surface area contributed by atoms with Crippen LogP contribution in [0.1, 0.15) is 140 Å². The van der Waals surface area contributed by atoms with Gasteiger partial charge in [0.1, 0.15) is 18.8 Å². The first-order valence-corrected chi connectivity index (χ1v) is 24.0. The van der Waals surface area contributed by atoms with E-state index in [1.165, 1.54) is 83.0 Å². The molecule has 0 saturated carbocycles. The number of anilines is 1. The van der Waals surface area contributed by atoms with Crippen molar-refractivity contribution in [3.05, 3.63) is 48.0 Å². The molecule has 0 fully saturated rings. The minimum Gasteiger partial charge on any atom is -0.480 e. The van der Waals surface area contributed by atoms with Crippen LogP contribution in [0.4, 0.5) is 5.69 Å². The Labute approximate surface area is 374 Å². The molecule has 18 heteroatoms. The predicted octanol–water partition coefficient (Wildman–Crippen LogP) is 6.40. The molecule has 0 aliphatic rings. The second kappa shape index (κ2) is 33.3. The van der Waals surface area contributed by atoms with E-state index in [2.05, 4.69) is 25.3 Å². The second-order valence-corrected chi connectivity index (χ2v) is 17.9. The molecule has 1 aromatic carbocycles. The number of rotatable bonds is 38. The molecule has 0 atom stereocenters. The van der Waals surface area contributed by atoms with Crippen molar-refractivity contribution in [3.8, 4) is 0 Å². The maximum atomic E-state index is 13.0. The minimum atomic E-state index is -3.88. The Morgan fingerprint density at radius 3 is 1.62 bits per heavy atom. The first kappa shape index (κ1) is 54.9. The van der Waals surface area contributed by atoms with E-state index in [1.807, 2.05) is 32.9 Å². The summed E-state index contributed by atoms with van der Waals surface area (Å²) in [6, 6.07) is 6.87. The van der Waals surface area contributed by atoms with Crippen LogP contribution in [0.5, 0.6) is 0 Å². The van der Waals surface area contributed by atoms with Crippen molar-refractivity contribution in [3.63, 3.8) is 0 Å². The zero-order valence-corrected chi connectivity index (χ0v) is 38.6. The number of nitrogens with one attached hydrogen (secondary N) is 3. The molecule has 0 spiro atoms. The number of aryl methyl sites for hydroxylation is 1. The summed E-state index contributed by atoms with van der Waals surface area (Å²) >= 11 is 0. The number of aliphatic carboxylic acids is 1. The van der Waals surface area contributed by atoms with Crippen molar-refractivity contribution in [2.75, 3.05) is 70.7 Å². The Morgan fingerprint density at radius 1 is 0.619 bits per heavy atom. The predicted molar refractivity (Wildman–Crippen MR) is 239 cm³/mol. The number of carbonyl (C=O) groups excluding carboxylic acids is 3. The largest absolute Gasteiger partial charge is 0.480 e. The number of carboxylic acid groups (broad SMARTS) is 1. The standard InChI is InChI=1S/C45H73N5O12S/c1-45(2,3)62-42(54)20-18-16-14-12-10-8-6-4-5-7-9-11-13-15-17-19-37-21-23-39(24-22-37)63(56,57)50-38-33-48-43(49-34-38)44(55)47-26-28-59-29-31-60-35-40(51)46-25-27-58-30-32-61-36-41(52)53/h21-24,33-34,50H,4-20,25-32,35-36H2,1-3H3,(H,46,51)(H,47,55)(H,52,53). The van der Waals surface area contributed by atoms with Crippen molar-refractivity contribution < 1.29 is 56.4 Å². The normalized spacial score (nSPS) is 11.6. The molecule has 2 rings (SSSR count). The van der Waals surface area contributed by atoms with E-state index in [1.54, 1.807) is 12.1 Å². The Morgan fingerprint density at radius 2 is 1.10 bits per heavy atom. The third kappa shape index (κ3) is 29.7. The van der Waals surface area contributed by atoms with Crippen LogP contribution < -0.4 is 15.4 Å². The van der Waals surface area contributed by atoms with Crippen molar-refractivity contribution in [1.29, 1.82) is 0 Å². The number of hydrogen-bond donors (Lipinski definition) is 4. The van der Waals surface area contributed by atoms with Gasteiger partial charge in [0.25, 0.3) is 15.9 Å². The number of unbranched alkanes of at least 4 members (excludes halogenated alkanes) is 14. The van der Waals surface area contributed by atoms with Crippen molar-refractivity contribution in [1.82, 2.24) is 20.6 Å². The summed E-state index contributed by atoms with van der Waals surface area (Å²) in [7, 11) is -3.88. The summed E-state index contributed by atoms with van der Waals surface area (Å²) in [5.41, 5.74) is 0.817. The summed E-state index contributed by atoms with van der Waals surface area (Å²) in [5.74, 6) is -2.15. The highest BCUT2D eigenvalue weighted by molar-refractivity contribution is 7.92. The van der Waals surface area contributed by atoms with Gasteiger partial charge in [0, 0.05) is 19.5 Å². The molecule has 4 N–H and O–H groups in total. The number of carboxylic acids is 1. The molecular weight excluding hydrogens is 835 g/mol. The summed E-state index contributed by atoms with van der Waals surface area (Å²) in [6.07, 6.45) is 22.1. The molecular formula is C45H73N5O12S. The van der Waals surface area contributed by atoms with E-state index >= 15 is 0 Å². The zero-order chi connectivity index (χ0) is 46.0. The Bertz CT molecular complexity index is 1670. The lowest BCUT2D eigenvalue weighted by atomic mass is 10.0. The maximum absolute atomic E-state index is 13.0. The molecule has 17 nitrogen and oxygen atoms in total. The van der Waals surface area contributed by atoms with Gasteiger partial charge in [-0.1, -0.05) is 95.6 Å². The first-order chi connectivity index (χ1) is 30.2. The summed E-state index contributed by atoms with van der Waals surface area (Å²) in [4.78, 5) is 54.4. The number of amides is 2. The number of benzene rings is 1. The Kier molecular flexibility index (Phi) is 29.0. The van der Waals surface area contributed by atoms with Crippen molar-refractivity contribution >= 4 is 39.5 Å². The maximum Gasteiger partial charge on any atom is 0.329 e. The second-order valence-electron chi connectivity index (χ2n) is 16.3. The topological polar surface area (TPSA) is 231 Å². The number of esters is 1. The van der Waals surface area contributed by atoms with E-state index < -0.39 is 27.5 Å². The molecule has 0 aliphatic carbocycles. The number of aromatic nitrogens is 2. The van der Waals surface area contributed by atoms with E-state index in [0.29, 0.717) is 6.42 Å². The van der Waals surface area contributed by atoms with Gasteiger partial charge in [0.2, 0.25) is 11.7 Å².